The van der Waals surface area contributed by atoms with Gasteiger partial charge in [-0.15, -0.1) is 0 Å². The molecule has 3 saturated carbocycles. The van der Waals surface area contributed by atoms with Crippen molar-refractivity contribution >= 4 is 6.09 Å². The Morgan fingerprint density at radius 1 is 1.08 bits per heavy atom. The van der Waals surface area contributed by atoms with Crippen molar-refractivity contribution in [2.45, 2.75) is 111 Å². The fourth-order valence-electron chi connectivity index (χ4n) is 9.33. The van der Waals surface area contributed by atoms with Gasteiger partial charge in [0, 0.05) is 19.5 Å². The Morgan fingerprint density at radius 3 is 2.58 bits per heavy atom. The van der Waals surface area contributed by atoms with Crippen LogP contribution in [0.15, 0.2) is 11.6 Å². The molecule has 4 heteroatoms. The summed E-state index contributed by atoms with van der Waals surface area (Å²) < 4.78 is 5.87. The van der Waals surface area contributed by atoms with Crippen molar-refractivity contribution < 1.29 is 9.53 Å². The summed E-state index contributed by atoms with van der Waals surface area (Å²) in [4.78, 5) is 14.4. The van der Waals surface area contributed by atoms with Crippen molar-refractivity contribution in [3.05, 3.63) is 11.6 Å². The molecular formula is C32H56N2O2. The number of nitrogens with one attached hydrogen (secondary N) is 1. The van der Waals surface area contributed by atoms with E-state index in [0.717, 1.165) is 54.9 Å². The molecule has 2 unspecified atom stereocenters. The second kappa shape index (κ2) is 11.4. The maximum absolute atomic E-state index is 12.3. The summed E-state index contributed by atoms with van der Waals surface area (Å²) in [5.74, 6) is 5.21. The molecule has 0 aromatic heterocycles. The number of carbonyl (C=O) groups excluding carboxylic acids is 1. The molecule has 4 nitrogen and oxygen atoms in total. The monoisotopic (exact) mass is 500 g/mol. The minimum atomic E-state index is -0.243. The molecule has 0 saturated heterocycles. The third kappa shape index (κ3) is 5.69. The van der Waals surface area contributed by atoms with Gasteiger partial charge in [-0.05, 0) is 105 Å². The van der Waals surface area contributed by atoms with E-state index in [0.29, 0.717) is 17.4 Å². The van der Waals surface area contributed by atoms with Gasteiger partial charge in [-0.2, -0.15) is 0 Å². The van der Waals surface area contributed by atoms with Crippen LogP contribution in [0.1, 0.15) is 105 Å². The van der Waals surface area contributed by atoms with Crippen LogP contribution >= 0.6 is 0 Å². The van der Waals surface area contributed by atoms with E-state index in [1.54, 1.807) is 5.57 Å². The molecule has 1 N–H and O–H groups in total. The van der Waals surface area contributed by atoms with E-state index in [4.69, 9.17) is 4.74 Å². The number of fused-ring (bicyclic) bond motifs is 5. The first-order chi connectivity index (χ1) is 17.0. The van der Waals surface area contributed by atoms with Gasteiger partial charge in [0.1, 0.15) is 6.10 Å². The third-order valence-electron chi connectivity index (χ3n) is 11.4. The van der Waals surface area contributed by atoms with E-state index in [-0.39, 0.29) is 12.2 Å². The number of ether oxygens (including phenoxy) is 1. The standard InChI is InChI=1S/C32H56N2O2/c1-22(2)9-8-10-23(3)27-13-14-28-26-12-11-24-21-25(36-30(35)33-19-20-34(6)7)15-17-31(24,4)29(26)16-18-32(27,28)5/h11,22-23,25-29H,8-10,12-21H2,1-7H3,(H,33,35)/t23-,25?,26?,27-,28+,29+,31+,32-/m1/s1. The first-order valence-electron chi connectivity index (χ1n) is 15.3. The Hall–Kier alpha value is -1.03. The van der Waals surface area contributed by atoms with Crippen molar-refractivity contribution in [2.24, 2.45) is 46.3 Å². The number of nitrogens with zero attached hydrogens (tertiary/aromatic N) is 1. The van der Waals surface area contributed by atoms with Crippen LogP contribution in [0, 0.1) is 46.3 Å². The molecule has 0 radical (unpaired) electrons. The second-order valence-corrected chi connectivity index (χ2v) is 14.3. The lowest BCUT2D eigenvalue weighted by Gasteiger charge is -2.58. The predicted octanol–water partition coefficient (Wildman–Crippen LogP) is 7.68. The largest absolute Gasteiger partial charge is 0.446 e. The van der Waals surface area contributed by atoms with E-state index >= 15 is 0 Å². The first-order valence-corrected chi connectivity index (χ1v) is 15.3. The molecule has 36 heavy (non-hydrogen) atoms. The molecule has 0 bridgehead atoms. The normalized spacial score (nSPS) is 38.7. The summed E-state index contributed by atoms with van der Waals surface area (Å²) >= 11 is 0. The van der Waals surface area contributed by atoms with Gasteiger partial charge in [0.2, 0.25) is 0 Å². The summed E-state index contributed by atoms with van der Waals surface area (Å²) in [6, 6.07) is 0. The number of amides is 1. The summed E-state index contributed by atoms with van der Waals surface area (Å²) in [6.07, 6.45) is 16.7. The molecule has 206 valence electrons. The number of likely N-dealkylation sites (N-methyl/N-ethyl adjacent to an activating group) is 1. The zero-order valence-corrected chi connectivity index (χ0v) is 24.6. The zero-order chi connectivity index (χ0) is 26.1. The molecule has 4 rings (SSSR count). The average molecular weight is 501 g/mol. The highest BCUT2D eigenvalue weighted by atomic mass is 16.6. The van der Waals surface area contributed by atoms with Crippen molar-refractivity contribution in [1.29, 1.82) is 0 Å². The van der Waals surface area contributed by atoms with E-state index in [2.05, 4.69) is 50.9 Å². The van der Waals surface area contributed by atoms with Crippen LogP contribution in [0.4, 0.5) is 4.79 Å². The summed E-state index contributed by atoms with van der Waals surface area (Å²) in [6.45, 7) is 14.0. The highest BCUT2D eigenvalue weighted by Gasteiger charge is 2.59. The smallest absolute Gasteiger partial charge is 0.407 e. The molecule has 1 amide bonds. The molecule has 0 aliphatic heterocycles. The minimum absolute atomic E-state index is 0.0386. The molecule has 4 aliphatic carbocycles. The minimum Gasteiger partial charge on any atom is -0.446 e. The van der Waals surface area contributed by atoms with Gasteiger partial charge in [0.15, 0.2) is 0 Å². The molecule has 0 heterocycles. The van der Waals surface area contributed by atoms with Gasteiger partial charge >= 0.3 is 6.09 Å². The molecule has 0 aromatic carbocycles. The quantitative estimate of drug-likeness (QED) is 0.330. The Labute approximate surface area is 222 Å². The van der Waals surface area contributed by atoms with Crippen LogP contribution in [-0.2, 0) is 4.74 Å². The topological polar surface area (TPSA) is 41.6 Å². The fraction of sp³-hybridized carbons (Fsp3) is 0.906. The van der Waals surface area contributed by atoms with Crippen molar-refractivity contribution in [3.63, 3.8) is 0 Å². The van der Waals surface area contributed by atoms with Crippen LogP contribution in [0.5, 0.6) is 0 Å². The molecule has 0 spiro atoms. The number of rotatable bonds is 9. The Morgan fingerprint density at radius 2 is 1.86 bits per heavy atom. The van der Waals surface area contributed by atoms with E-state index < -0.39 is 0 Å². The van der Waals surface area contributed by atoms with Crippen LogP contribution in [0.25, 0.3) is 0 Å². The molecular weight excluding hydrogens is 444 g/mol. The average Bonchev–Trinajstić information content (AvgIpc) is 3.16. The summed E-state index contributed by atoms with van der Waals surface area (Å²) in [5.41, 5.74) is 2.46. The van der Waals surface area contributed by atoms with Crippen molar-refractivity contribution in [3.8, 4) is 0 Å². The highest BCUT2D eigenvalue weighted by molar-refractivity contribution is 5.67. The van der Waals surface area contributed by atoms with Gasteiger partial charge in [-0.25, -0.2) is 4.79 Å². The third-order valence-corrected chi connectivity index (χ3v) is 11.4. The SMILES string of the molecule is CC(C)CCC[C@@H](C)[C@H]1CC[C@H]2C3CC=C4CC(OC(=O)NCCN(C)C)CC[C@]4(C)[C@H]3CC[C@]12C. The number of hydrogen-bond acceptors (Lipinski definition) is 3. The van der Waals surface area contributed by atoms with Gasteiger partial charge in [0.05, 0.1) is 0 Å². The van der Waals surface area contributed by atoms with Gasteiger partial charge in [-0.3, -0.25) is 0 Å². The number of alkyl carbamates (subject to hydrolysis) is 1. The Bertz CT molecular complexity index is 791. The fourth-order valence-corrected chi connectivity index (χ4v) is 9.33. The van der Waals surface area contributed by atoms with Gasteiger partial charge < -0.3 is 15.0 Å². The van der Waals surface area contributed by atoms with Gasteiger partial charge in [0.25, 0.3) is 0 Å². The van der Waals surface area contributed by atoms with E-state index in [1.807, 2.05) is 14.1 Å². The van der Waals surface area contributed by atoms with Gasteiger partial charge in [-0.1, -0.05) is 65.5 Å². The van der Waals surface area contributed by atoms with Crippen molar-refractivity contribution in [1.82, 2.24) is 10.2 Å². The molecule has 0 aromatic rings. The summed E-state index contributed by atoms with van der Waals surface area (Å²) in [7, 11) is 4.04. The van der Waals surface area contributed by atoms with Crippen LogP contribution in [-0.4, -0.2) is 44.3 Å². The van der Waals surface area contributed by atoms with Crippen LogP contribution in [0.2, 0.25) is 0 Å². The Balaban J connectivity index is 1.37. The summed E-state index contributed by atoms with van der Waals surface area (Å²) in [5, 5.41) is 2.93. The van der Waals surface area contributed by atoms with E-state index in [1.165, 1.54) is 57.8 Å². The lowest BCUT2D eigenvalue weighted by atomic mass is 9.47. The first kappa shape index (κ1) is 28.0. The van der Waals surface area contributed by atoms with Crippen molar-refractivity contribution in [2.75, 3.05) is 27.2 Å². The van der Waals surface area contributed by atoms with Crippen LogP contribution in [0.3, 0.4) is 0 Å². The lowest BCUT2D eigenvalue weighted by Crippen LogP contribution is -2.51. The second-order valence-electron chi connectivity index (χ2n) is 14.3. The molecule has 4 aliphatic rings. The van der Waals surface area contributed by atoms with E-state index in [9.17, 15) is 4.79 Å². The zero-order valence-electron chi connectivity index (χ0n) is 24.6. The maximum atomic E-state index is 12.3. The molecule has 3 fully saturated rings. The lowest BCUT2D eigenvalue weighted by molar-refractivity contribution is -0.0581. The highest BCUT2D eigenvalue weighted by Crippen LogP contribution is 2.67. The maximum Gasteiger partial charge on any atom is 0.407 e. The molecule has 8 atom stereocenters. The number of hydrogen-bond donors (Lipinski definition) is 1. The number of allylic oxidation sites excluding steroid dienone is 1. The Kier molecular flexibility index (Phi) is 8.85. The number of carbonyl (C=O) groups is 1. The van der Waals surface area contributed by atoms with Crippen LogP contribution < -0.4 is 5.32 Å². The predicted molar refractivity (Wildman–Crippen MR) is 150 cm³/mol.